The van der Waals surface area contributed by atoms with E-state index in [4.69, 9.17) is 9.47 Å². The van der Waals surface area contributed by atoms with Gasteiger partial charge in [-0.25, -0.2) is 9.69 Å². The topological polar surface area (TPSA) is 89.9 Å². The predicted octanol–water partition coefficient (Wildman–Crippen LogP) is 4.05. The zero-order chi connectivity index (χ0) is 24.0. The van der Waals surface area contributed by atoms with Crippen molar-refractivity contribution in [3.8, 4) is 17.2 Å². The molecular formula is C26H23N3O5. The number of amides is 4. The first-order valence-corrected chi connectivity index (χ1v) is 11.0. The van der Waals surface area contributed by atoms with Gasteiger partial charge in [0.25, 0.3) is 11.8 Å². The van der Waals surface area contributed by atoms with Crippen LogP contribution in [0.1, 0.15) is 29.4 Å². The van der Waals surface area contributed by atoms with Crippen LogP contribution in [0.3, 0.4) is 0 Å². The van der Waals surface area contributed by atoms with Crippen molar-refractivity contribution in [3.63, 3.8) is 0 Å². The molecule has 1 saturated heterocycles. The molecule has 1 fully saturated rings. The second-order valence-corrected chi connectivity index (χ2v) is 8.14. The number of aromatic nitrogens is 1. The maximum absolute atomic E-state index is 13.3. The molecule has 3 aromatic rings. The second-order valence-electron chi connectivity index (χ2n) is 8.14. The van der Waals surface area contributed by atoms with Crippen LogP contribution in [0, 0.1) is 13.8 Å². The summed E-state index contributed by atoms with van der Waals surface area (Å²) in [6.07, 6.45) is 2.41. The molecule has 8 heteroatoms. The average Bonchev–Trinajstić information content (AvgIpc) is 3.39. The van der Waals surface area contributed by atoms with Gasteiger partial charge in [-0.3, -0.25) is 14.9 Å². The van der Waals surface area contributed by atoms with Gasteiger partial charge >= 0.3 is 6.03 Å². The average molecular weight is 457 g/mol. The van der Waals surface area contributed by atoms with Gasteiger partial charge in [0.2, 0.25) is 6.79 Å². The summed E-state index contributed by atoms with van der Waals surface area (Å²) >= 11 is 0. The number of nitrogens with zero attached hydrogens (tertiary/aromatic N) is 2. The Bertz CT molecular complexity index is 1390. The van der Waals surface area contributed by atoms with Crippen LogP contribution < -0.4 is 19.7 Å². The van der Waals surface area contributed by atoms with Crippen LogP contribution in [0.5, 0.6) is 11.5 Å². The van der Waals surface area contributed by atoms with Gasteiger partial charge in [-0.1, -0.05) is 25.1 Å². The molecule has 0 saturated carbocycles. The molecule has 0 atom stereocenters. The van der Waals surface area contributed by atoms with Gasteiger partial charge in [0, 0.05) is 23.1 Å². The van der Waals surface area contributed by atoms with Crippen molar-refractivity contribution >= 4 is 29.6 Å². The summed E-state index contributed by atoms with van der Waals surface area (Å²) in [5, 5.41) is 2.27. The monoisotopic (exact) mass is 457 g/mol. The molecule has 2 aliphatic rings. The van der Waals surface area contributed by atoms with E-state index in [-0.39, 0.29) is 18.1 Å². The van der Waals surface area contributed by atoms with Gasteiger partial charge in [0.05, 0.1) is 5.69 Å². The van der Waals surface area contributed by atoms with E-state index in [0.29, 0.717) is 11.5 Å². The first-order valence-electron chi connectivity index (χ1n) is 11.0. The lowest BCUT2D eigenvalue weighted by molar-refractivity contribution is -0.122. The van der Waals surface area contributed by atoms with Crippen molar-refractivity contribution in [2.45, 2.75) is 27.2 Å². The summed E-state index contributed by atoms with van der Waals surface area (Å²) in [5.41, 5.74) is 4.99. The normalized spacial score (nSPS) is 16.4. The maximum Gasteiger partial charge on any atom is 0.335 e. The molecular weight excluding hydrogens is 434 g/mol. The lowest BCUT2D eigenvalue weighted by atomic mass is 10.1. The zero-order valence-electron chi connectivity index (χ0n) is 19.0. The molecule has 0 spiro atoms. The summed E-state index contributed by atoms with van der Waals surface area (Å²) in [5.74, 6) is -0.476. The smallest absolute Gasteiger partial charge is 0.335 e. The van der Waals surface area contributed by atoms with Crippen LogP contribution >= 0.6 is 0 Å². The predicted molar refractivity (Wildman–Crippen MR) is 126 cm³/mol. The van der Waals surface area contributed by atoms with E-state index < -0.39 is 17.8 Å². The Morgan fingerprint density at radius 3 is 2.56 bits per heavy atom. The van der Waals surface area contributed by atoms with E-state index in [1.165, 1.54) is 11.6 Å². The summed E-state index contributed by atoms with van der Waals surface area (Å²) in [6.45, 7) is 6.09. The fraction of sp³-hybridized carbons (Fsp3) is 0.192. The maximum atomic E-state index is 13.3. The van der Waals surface area contributed by atoms with Crippen LogP contribution in [0.15, 0.2) is 54.1 Å². The number of hydrogen-bond donors (Lipinski definition) is 1. The van der Waals surface area contributed by atoms with Gasteiger partial charge in [-0.05, 0) is 61.7 Å². The minimum Gasteiger partial charge on any atom is -0.454 e. The van der Waals surface area contributed by atoms with Crippen molar-refractivity contribution in [1.82, 2.24) is 9.88 Å². The number of imide groups is 2. The molecule has 2 aromatic carbocycles. The molecule has 0 bridgehead atoms. The van der Waals surface area contributed by atoms with Gasteiger partial charge in [0.1, 0.15) is 5.57 Å². The van der Waals surface area contributed by atoms with E-state index in [1.54, 1.807) is 18.2 Å². The summed E-state index contributed by atoms with van der Waals surface area (Å²) in [7, 11) is 0. The third-order valence-electron chi connectivity index (χ3n) is 6.10. The number of nitrogens with one attached hydrogen (secondary N) is 1. The van der Waals surface area contributed by atoms with Crippen LogP contribution in [-0.4, -0.2) is 29.2 Å². The highest BCUT2D eigenvalue weighted by Crippen LogP contribution is 2.36. The number of rotatable bonds is 4. The Labute approximate surface area is 196 Å². The number of carbonyl (C=O) groups is 3. The molecule has 4 amide bonds. The van der Waals surface area contributed by atoms with Gasteiger partial charge in [-0.15, -0.1) is 0 Å². The zero-order valence-corrected chi connectivity index (χ0v) is 19.0. The first-order chi connectivity index (χ1) is 16.4. The lowest BCUT2D eigenvalue weighted by Gasteiger charge is -2.26. The molecule has 1 N–H and O–H groups in total. The lowest BCUT2D eigenvalue weighted by Crippen LogP contribution is -2.54. The first kappa shape index (κ1) is 21.5. The Morgan fingerprint density at radius 1 is 1.00 bits per heavy atom. The number of ether oxygens (including phenoxy) is 2. The standard InChI is InChI=1S/C26H23N3O5/c1-4-17-7-5-6-8-21(17)28-15(2)11-18(16(28)3)12-20-24(30)27-26(32)29(25(20)31)19-9-10-22-23(13-19)34-14-33-22/h5-13H,4,14H2,1-3H3,(H,27,30,32)/b20-12-. The van der Waals surface area contributed by atoms with Crippen LogP contribution in [0.25, 0.3) is 11.8 Å². The van der Waals surface area contributed by atoms with E-state index in [0.717, 1.165) is 34.0 Å². The molecule has 8 nitrogen and oxygen atoms in total. The number of carbonyl (C=O) groups excluding carboxylic acids is 3. The highest BCUT2D eigenvalue weighted by Gasteiger charge is 2.37. The minimum absolute atomic E-state index is 0.0688. The Balaban J connectivity index is 1.55. The third-order valence-corrected chi connectivity index (χ3v) is 6.10. The van der Waals surface area contributed by atoms with Crippen molar-refractivity contribution in [1.29, 1.82) is 0 Å². The van der Waals surface area contributed by atoms with E-state index in [2.05, 4.69) is 22.9 Å². The molecule has 2 aliphatic heterocycles. The SMILES string of the molecule is CCc1ccccc1-n1c(C)cc(/C=C2/C(=O)NC(=O)N(c3ccc4c(c3)OCO4)C2=O)c1C. The van der Waals surface area contributed by atoms with Crippen LogP contribution in [0.4, 0.5) is 10.5 Å². The van der Waals surface area contributed by atoms with E-state index in [1.807, 2.05) is 38.1 Å². The molecule has 5 rings (SSSR count). The van der Waals surface area contributed by atoms with E-state index in [9.17, 15) is 14.4 Å². The van der Waals surface area contributed by atoms with Gasteiger partial charge in [0.15, 0.2) is 11.5 Å². The number of barbiturate groups is 1. The van der Waals surface area contributed by atoms with Gasteiger partial charge < -0.3 is 14.0 Å². The molecule has 0 radical (unpaired) electrons. The van der Waals surface area contributed by atoms with Crippen molar-refractivity contribution < 1.29 is 23.9 Å². The van der Waals surface area contributed by atoms with Crippen LogP contribution in [0.2, 0.25) is 0 Å². The Morgan fingerprint density at radius 2 is 1.76 bits per heavy atom. The second kappa shape index (κ2) is 8.22. The number of aryl methyl sites for hydroxylation is 2. The van der Waals surface area contributed by atoms with E-state index >= 15 is 0 Å². The van der Waals surface area contributed by atoms with Gasteiger partial charge in [-0.2, -0.15) is 0 Å². The Kier molecular flexibility index (Phi) is 5.20. The number of hydrogen-bond acceptors (Lipinski definition) is 5. The highest BCUT2D eigenvalue weighted by molar-refractivity contribution is 6.39. The fourth-order valence-electron chi connectivity index (χ4n) is 4.40. The number of para-hydroxylation sites is 1. The highest BCUT2D eigenvalue weighted by atomic mass is 16.7. The van der Waals surface area contributed by atoms with Crippen LogP contribution in [-0.2, 0) is 16.0 Å². The van der Waals surface area contributed by atoms with Crippen molar-refractivity contribution in [2.24, 2.45) is 0 Å². The number of fused-ring (bicyclic) bond motifs is 1. The molecule has 1 aromatic heterocycles. The molecule has 3 heterocycles. The number of anilines is 1. The summed E-state index contributed by atoms with van der Waals surface area (Å²) in [4.78, 5) is 39.5. The fourth-order valence-corrected chi connectivity index (χ4v) is 4.40. The van der Waals surface area contributed by atoms with Crippen molar-refractivity contribution in [2.75, 3.05) is 11.7 Å². The quantitative estimate of drug-likeness (QED) is 0.472. The number of urea groups is 1. The molecule has 0 unspecified atom stereocenters. The minimum atomic E-state index is -0.812. The summed E-state index contributed by atoms with van der Waals surface area (Å²) in [6, 6.07) is 14.0. The largest absolute Gasteiger partial charge is 0.454 e. The number of benzene rings is 2. The molecule has 0 aliphatic carbocycles. The third kappa shape index (κ3) is 3.44. The summed E-state index contributed by atoms with van der Waals surface area (Å²) < 4.78 is 12.8. The Hall–Kier alpha value is -4.33. The molecule has 34 heavy (non-hydrogen) atoms. The molecule has 172 valence electrons. The van der Waals surface area contributed by atoms with Crippen molar-refractivity contribution in [3.05, 3.63) is 76.6 Å².